The molecule has 8 heteroatoms. The highest BCUT2D eigenvalue weighted by Crippen LogP contribution is 2.07. The molecular weight excluding hydrogens is 282 g/mol. The topological polar surface area (TPSA) is 111 Å². The van der Waals surface area contributed by atoms with Gasteiger partial charge in [0.15, 0.2) is 0 Å². The van der Waals surface area contributed by atoms with Crippen LogP contribution in [0.4, 0.5) is 5.82 Å². The Kier molecular flexibility index (Phi) is 5.96. The van der Waals surface area contributed by atoms with E-state index in [1.165, 1.54) is 13.2 Å². The maximum atomic E-state index is 11.7. The molecular formula is C12H15N3O4S. The normalized spacial score (nSPS) is 10.3. The van der Waals surface area contributed by atoms with Gasteiger partial charge in [-0.15, -0.1) is 0 Å². The van der Waals surface area contributed by atoms with Crippen molar-refractivity contribution >= 4 is 21.8 Å². The molecule has 3 N–H and O–H groups in total. The van der Waals surface area contributed by atoms with Crippen molar-refractivity contribution < 1.29 is 17.9 Å². The molecule has 0 atom stereocenters. The Bertz CT molecular complexity index is 632. The molecule has 20 heavy (non-hydrogen) atoms. The number of ether oxygens (including phenoxy) is 1. The number of carbonyl (C=O) groups excluding carboxylic acids is 1. The van der Waals surface area contributed by atoms with Crippen molar-refractivity contribution in [1.82, 2.24) is 4.98 Å². The molecule has 0 radical (unpaired) electrons. The van der Waals surface area contributed by atoms with Gasteiger partial charge in [0.1, 0.15) is 11.5 Å². The number of rotatable bonds is 5. The molecule has 0 aliphatic carbocycles. The van der Waals surface area contributed by atoms with Gasteiger partial charge in [0.2, 0.25) is 10.0 Å². The smallest absolute Gasteiger partial charge is 0.306 e. The first-order valence-electron chi connectivity index (χ1n) is 5.70. The number of hydrogen-bond acceptors (Lipinski definition) is 6. The molecule has 0 unspecified atom stereocenters. The van der Waals surface area contributed by atoms with Crippen LogP contribution in [0.5, 0.6) is 0 Å². The van der Waals surface area contributed by atoms with Crippen LogP contribution in [0.1, 0.15) is 12.1 Å². The van der Waals surface area contributed by atoms with E-state index in [1.54, 1.807) is 12.1 Å². The zero-order valence-corrected chi connectivity index (χ0v) is 11.7. The fraction of sp³-hybridized carbons (Fsp3) is 0.333. The molecule has 0 aliphatic rings. The first-order valence-corrected chi connectivity index (χ1v) is 7.35. The maximum absolute atomic E-state index is 11.7. The number of nitrogens with one attached hydrogen (secondary N) is 1. The lowest BCUT2D eigenvalue weighted by Crippen LogP contribution is -2.20. The van der Waals surface area contributed by atoms with Crippen LogP contribution >= 0.6 is 0 Å². The number of anilines is 1. The second-order valence-electron chi connectivity index (χ2n) is 3.66. The van der Waals surface area contributed by atoms with Crippen molar-refractivity contribution in [3.05, 3.63) is 23.9 Å². The third kappa shape index (κ3) is 5.69. The van der Waals surface area contributed by atoms with Gasteiger partial charge in [0, 0.05) is 0 Å². The van der Waals surface area contributed by atoms with Gasteiger partial charge in [-0.3, -0.25) is 9.52 Å². The van der Waals surface area contributed by atoms with Crippen LogP contribution in [0.15, 0.2) is 18.2 Å². The van der Waals surface area contributed by atoms with Crippen LogP contribution in [-0.4, -0.2) is 38.8 Å². The average molecular weight is 297 g/mol. The molecule has 0 fully saturated rings. The molecule has 0 spiro atoms. The summed E-state index contributed by atoms with van der Waals surface area (Å²) < 4.78 is 30.1. The number of nitrogens with zero attached hydrogens (tertiary/aromatic N) is 1. The van der Waals surface area contributed by atoms with Gasteiger partial charge in [0.05, 0.1) is 25.8 Å². The quantitative estimate of drug-likeness (QED) is 0.570. The Morgan fingerprint density at radius 2 is 2.25 bits per heavy atom. The summed E-state index contributed by atoms with van der Waals surface area (Å²) in [5, 5.41) is 0. The van der Waals surface area contributed by atoms with E-state index in [4.69, 9.17) is 5.73 Å². The number of methoxy groups -OCH3 is 1. The van der Waals surface area contributed by atoms with Gasteiger partial charge in [0.25, 0.3) is 0 Å². The minimum atomic E-state index is -3.66. The molecule has 0 saturated heterocycles. The molecule has 1 aromatic heterocycles. The number of nitrogens with two attached hydrogens (primary N) is 1. The van der Waals surface area contributed by atoms with Crippen molar-refractivity contribution in [3.63, 3.8) is 0 Å². The van der Waals surface area contributed by atoms with E-state index in [1.807, 2.05) is 0 Å². The van der Waals surface area contributed by atoms with Gasteiger partial charge < -0.3 is 10.5 Å². The van der Waals surface area contributed by atoms with Crippen molar-refractivity contribution in [1.29, 1.82) is 0 Å². The van der Waals surface area contributed by atoms with E-state index in [2.05, 4.69) is 26.3 Å². The Labute approximate surface area is 117 Å². The van der Waals surface area contributed by atoms with Gasteiger partial charge in [-0.05, 0) is 18.1 Å². The molecule has 0 amide bonds. The molecule has 7 nitrogen and oxygen atoms in total. The third-order valence-electron chi connectivity index (χ3n) is 2.13. The van der Waals surface area contributed by atoms with Crippen molar-refractivity contribution in [3.8, 4) is 11.8 Å². The predicted molar refractivity (Wildman–Crippen MR) is 74.2 cm³/mol. The second kappa shape index (κ2) is 7.47. The summed E-state index contributed by atoms with van der Waals surface area (Å²) in [6.45, 7) is 0.191. The minimum Gasteiger partial charge on any atom is -0.469 e. The highest BCUT2D eigenvalue weighted by molar-refractivity contribution is 7.92. The zero-order valence-electron chi connectivity index (χ0n) is 10.9. The summed E-state index contributed by atoms with van der Waals surface area (Å²) in [6.07, 6.45) is -0.224. The molecule has 0 aliphatic heterocycles. The van der Waals surface area contributed by atoms with Crippen molar-refractivity contribution in [2.75, 3.05) is 24.1 Å². The van der Waals surface area contributed by atoms with Gasteiger partial charge in [-0.25, -0.2) is 13.4 Å². The van der Waals surface area contributed by atoms with E-state index in [9.17, 15) is 13.2 Å². The number of aromatic nitrogens is 1. The monoisotopic (exact) mass is 297 g/mol. The van der Waals surface area contributed by atoms with Gasteiger partial charge in [-0.2, -0.15) is 0 Å². The highest BCUT2D eigenvalue weighted by atomic mass is 32.2. The standard InChI is InChI=1S/C12H15N3O4S/c1-19-12(16)7-9-20(17,18)15-11-6-2-4-10(14-11)5-3-8-13/h2,4,6H,7-9,13H2,1H3,(H,14,15). The molecule has 1 rings (SSSR count). The third-order valence-corrected chi connectivity index (χ3v) is 3.39. The van der Waals surface area contributed by atoms with Crippen LogP contribution < -0.4 is 10.5 Å². The maximum Gasteiger partial charge on any atom is 0.306 e. The first kappa shape index (κ1) is 15.9. The van der Waals surface area contributed by atoms with E-state index < -0.39 is 16.0 Å². The van der Waals surface area contributed by atoms with Gasteiger partial charge >= 0.3 is 5.97 Å². The van der Waals surface area contributed by atoms with Crippen LogP contribution in [0.3, 0.4) is 0 Å². The van der Waals surface area contributed by atoms with Crippen molar-refractivity contribution in [2.45, 2.75) is 6.42 Å². The fourth-order valence-corrected chi connectivity index (χ4v) is 2.20. The highest BCUT2D eigenvalue weighted by Gasteiger charge is 2.14. The Balaban J connectivity index is 2.74. The number of hydrogen-bond donors (Lipinski definition) is 2. The Hall–Kier alpha value is -2.11. The summed E-state index contributed by atoms with van der Waals surface area (Å²) in [4.78, 5) is 14.9. The summed E-state index contributed by atoms with van der Waals surface area (Å²) in [5.41, 5.74) is 5.65. The minimum absolute atomic E-state index is 0.138. The molecule has 0 aromatic carbocycles. The van der Waals surface area contributed by atoms with Crippen LogP contribution in [0, 0.1) is 11.8 Å². The largest absolute Gasteiger partial charge is 0.469 e. The molecule has 1 heterocycles. The van der Waals surface area contributed by atoms with E-state index in [0.717, 1.165) is 0 Å². The molecule has 108 valence electrons. The average Bonchev–Trinajstić information content (AvgIpc) is 2.42. The fourth-order valence-electron chi connectivity index (χ4n) is 1.23. The van der Waals surface area contributed by atoms with Crippen molar-refractivity contribution in [2.24, 2.45) is 5.73 Å². The lowest BCUT2D eigenvalue weighted by atomic mass is 10.3. The Morgan fingerprint density at radius 1 is 1.50 bits per heavy atom. The molecule has 1 aromatic rings. The van der Waals surface area contributed by atoms with Crippen LogP contribution in [0.2, 0.25) is 0 Å². The molecule has 0 bridgehead atoms. The number of pyridine rings is 1. The lowest BCUT2D eigenvalue weighted by molar-refractivity contribution is -0.140. The predicted octanol–water partition coefficient (Wildman–Crippen LogP) is -0.303. The number of sulfonamides is 1. The Morgan fingerprint density at radius 3 is 2.90 bits per heavy atom. The second-order valence-corrected chi connectivity index (χ2v) is 5.50. The van der Waals surface area contributed by atoms with Crippen LogP contribution in [0.25, 0.3) is 0 Å². The summed E-state index contributed by atoms with van der Waals surface area (Å²) in [5.74, 6) is 4.48. The first-order chi connectivity index (χ1) is 9.46. The SMILES string of the molecule is COC(=O)CCS(=O)(=O)Nc1cccc(C#CCN)n1. The van der Waals surface area contributed by atoms with E-state index in [-0.39, 0.29) is 24.5 Å². The molecule has 0 saturated carbocycles. The zero-order chi connectivity index (χ0) is 15.0. The summed E-state index contributed by atoms with van der Waals surface area (Å²) >= 11 is 0. The summed E-state index contributed by atoms with van der Waals surface area (Å²) in [7, 11) is -2.47. The van der Waals surface area contributed by atoms with E-state index in [0.29, 0.717) is 5.69 Å². The number of esters is 1. The number of carbonyl (C=O) groups is 1. The van der Waals surface area contributed by atoms with Crippen LogP contribution in [-0.2, 0) is 19.6 Å². The van der Waals surface area contributed by atoms with Gasteiger partial charge in [-0.1, -0.05) is 12.0 Å². The lowest BCUT2D eigenvalue weighted by Gasteiger charge is -2.06. The van der Waals surface area contributed by atoms with E-state index >= 15 is 0 Å². The summed E-state index contributed by atoms with van der Waals surface area (Å²) in [6, 6.07) is 4.74.